The minimum absolute atomic E-state index is 0.0214. The molecule has 0 bridgehead atoms. The van der Waals surface area contributed by atoms with Crippen LogP contribution < -0.4 is 5.73 Å². The van der Waals surface area contributed by atoms with E-state index in [1.807, 2.05) is 0 Å². The molecular formula is C11H23NO. The zero-order chi connectivity index (χ0) is 9.90. The van der Waals surface area contributed by atoms with Gasteiger partial charge in [0.25, 0.3) is 0 Å². The fourth-order valence-corrected chi connectivity index (χ4v) is 2.30. The second kappa shape index (κ2) is 4.43. The van der Waals surface area contributed by atoms with Gasteiger partial charge in [-0.25, -0.2) is 0 Å². The van der Waals surface area contributed by atoms with Crippen LogP contribution in [0.3, 0.4) is 0 Å². The number of ether oxygens (including phenoxy) is 1. The first kappa shape index (κ1) is 11.0. The van der Waals surface area contributed by atoms with Gasteiger partial charge in [0, 0.05) is 6.04 Å². The smallest absolute Gasteiger partial charge is 0.0833 e. The van der Waals surface area contributed by atoms with Gasteiger partial charge in [0.15, 0.2) is 0 Å². The van der Waals surface area contributed by atoms with E-state index in [0.29, 0.717) is 6.10 Å². The molecule has 0 saturated heterocycles. The summed E-state index contributed by atoms with van der Waals surface area (Å²) in [4.78, 5) is 0. The molecular weight excluding hydrogens is 162 g/mol. The molecule has 1 rings (SSSR count). The fraction of sp³-hybridized carbons (Fsp3) is 1.00. The lowest BCUT2D eigenvalue weighted by Gasteiger charge is -2.41. The first-order valence-electron chi connectivity index (χ1n) is 5.50. The Labute approximate surface area is 81.8 Å². The molecule has 2 N–H and O–H groups in total. The van der Waals surface area contributed by atoms with E-state index in [-0.39, 0.29) is 11.6 Å². The zero-order valence-electron chi connectivity index (χ0n) is 9.18. The van der Waals surface area contributed by atoms with Crippen LogP contribution in [0.4, 0.5) is 0 Å². The maximum absolute atomic E-state index is 6.03. The van der Waals surface area contributed by atoms with Crippen LogP contribution in [0.2, 0.25) is 0 Å². The van der Waals surface area contributed by atoms with Crippen LogP contribution in [0.1, 0.15) is 52.9 Å². The van der Waals surface area contributed by atoms with Crippen LogP contribution in [-0.2, 0) is 4.74 Å². The van der Waals surface area contributed by atoms with E-state index in [0.717, 1.165) is 12.8 Å². The summed E-state index contributed by atoms with van der Waals surface area (Å²) in [5.74, 6) is 0. The molecule has 1 atom stereocenters. The predicted octanol–water partition coefficient (Wildman–Crippen LogP) is 2.46. The molecule has 13 heavy (non-hydrogen) atoms. The Morgan fingerprint density at radius 1 is 1.08 bits per heavy atom. The molecule has 0 heterocycles. The van der Waals surface area contributed by atoms with Gasteiger partial charge in [0.1, 0.15) is 0 Å². The van der Waals surface area contributed by atoms with Crippen molar-refractivity contribution in [1.82, 2.24) is 0 Å². The van der Waals surface area contributed by atoms with Crippen molar-refractivity contribution in [1.29, 1.82) is 0 Å². The molecule has 0 spiro atoms. The highest BCUT2D eigenvalue weighted by Crippen LogP contribution is 2.34. The highest BCUT2D eigenvalue weighted by atomic mass is 16.5. The Morgan fingerprint density at radius 3 is 2.00 bits per heavy atom. The molecule has 0 aromatic heterocycles. The van der Waals surface area contributed by atoms with E-state index < -0.39 is 0 Å². The fourth-order valence-electron chi connectivity index (χ4n) is 2.30. The highest BCUT2D eigenvalue weighted by molar-refractivity contribution is 4.91. The standard InChI is InChI=1S/C11H23NO/c1-9(2)13-11(10(3)12)7-5-4-6-8-11/h9-10H,4-8,12H2,1-3H3. The summed E-state index contributed by atoms with van der Waals surface area (Å²) in [6.07, 6.45) is 6.47. The molecule has 0 aliphatic heterocycles. The summed E-state index contributed by atoms with van der Waals surface area (Å²) in [7, 11) is 0. The lowest BCUT2D eigenvalue weighted by atomic mass is 9.80. The Balaban J connectivity index is 2.61. The average Bonchev–Trinajstić information content (AvgIpc) is 2.04. The lowest BCUT2D eigenvalue weighted by molar-refractivity contribution is -0.113. The Morgan fingerprint density at radius 2 is 1.62 bits per heavy atom. The molecule has 0 aromatic carbocycles. The summed E-state index contributed by atoms with van der Waals surface area (Å²) in [6.45, 7) is 6.27. The SMILES string of the molecule is CC(C)OC1(C(C)N)CCCCC1. The van der Waals surface area contributed by atoms with Gasteiger partial charge in [-0.3, -0.25) is 0 Å². The minimum atomic E-state index is -0.0214. The van der Waals surface area contributed by atoms with Gasteiger partial charge in [-0.1, -0.05) is 19.3 Å². The molecule has 0 amide bonds. The molecule has 2 heteroatoms. The normalized spacial score (nSPS) is 24.7. The van der Waals surface area contributed by atoms with Gasteiger partial charge < -0.3 is 10.5 Å². The molecule has 1 saturated carbocycles. The van der Waals surface area contributed by atoms with Crippen molar-refractivity contribution in [2.24, 2.45) is 5.73 Å². The van der Waals surface area contributed by atoms with Gasteiger partial charge >= 0.3 is 0 Å². The van der Waals surface area contributed by atoms with E-state index in [1.165, 1.54) is 19.3 Å². The van der Waals surface area contributed by atoms with Gasteiger partial charge in [0.05, 0.1) is 11.7 Å². The maximum atomic E-state index is 6.03. The molecule has 78 valence electrons. The maximum Gasteiger partial charge on any atom is 0.0833 e. The highest BCUT2D eigenvalue weighted by Gasteiger charge is 2.37. The Bertz CT molecular complexity index is 148. The van der Waals surface area contributed by atoms with Crippen LogP contribution in [0.15, 0.2) is 0 Å². The summed E-state index contributed by atoms with van der Waals surface area (Å²) in [5, 5.41) is 0. The van der Waals surface area contributed by atoms with Crippen molar-refractivity contribution in [2.45, 2.75) is 70.6 Å². The summed E-state index contributed by atoms with van der Waals surface area (Å²) < 4.78 is 6.02. The number of rotatable bonds is 3. The topological polar surface area (TPSA) is 35.2 Å². The minimum Gasteiger partial charge on any atom is -0.371 e. The molecule has 1 fully saturated rings. The van der Waals surface area contributed by atoms with Crippen molar-refractivity contribution in [3.05, 3.63) is 0 Å². The molecule has 2 nitrogen and oxygen atoms in total. The lowest BCUT2D eigenvalue weighted by Crippen LogP contribution is -2.50. The Hall–Kier alpha value is -0.0800. The van der Waals surface area contributed by atoms with Crippen molar-refractivity contribution < 1.29 is 4.74 Å². The monoisotopic (exact) mass is 185 g/mol. The molecule has 1 aliphatic rings. The average molecular weight is 185 g/mol. The van der Waals surface area contributed by atoms with E-state index in [4.69, 9.17) is 10.5 Å². The largest absolute Gasteiger partial charge is 0.371 e. The number of hydrogen-bond donors (Lipinski definition) is 1. The van der Waals surface area contributed by atoms with Crippen molar-refractivity contribution in [2.75, 3.05) is 0 Å². The van der Waals surface area contributed by atoms with E-state index in [1.54, 1.807) is 0 Å². The number of nitrogens with two attached hydrogens (primary N) is 1. The second-order valence-electron chi connectivity index (χ2n) is 4.58. The van der Waals surface area contributed by atoms with Gasteiger partial charge in [0.2, 0.25) is 0 Å². The van der Waals surface area contributed by atoms with Crippen molar-refractivity contribution in [3.8, 4) is 0 Å². The van der Waals surface area contributed by atoms with Gasteiger partial charge in [-0.15, -0.1) is 0 Å². The van der Waals surface area contributed by atoms with E-state index in [2.05, 4.69) is 20.8 Å². The van der Waals surface area contributed by atoms with Crippen LogP contribution >= 0.6 is 0 Å². The first-order valence-corrected chi connectivity index (χ1v) is 5.50. The van der Waals surface area contributed by atoms with E-state index >= 15 is 0 Å². The molecule has 0 radical (unpaired) electrons. The van der Waals surface area contributed by atoms with Crippen molar-refractivity contribution >= 4 is 0 Å². The molecule has 0 aromatic rings. The zero-order valence-corrected chi connectivity index (χ0v) is 9.18. The summed E-state index contributed by atoms with van der Waals surface area (Å²) >= 11 is 0. The quantitative estimate of drug-likeness (QED) is 0.733. The van der Waals surface area contributed by atoms with Gasteiger partial charge in [-0.2, -0.15) is 0 Å². The first-order chi connectivity index (χ1) is 6.07. The third-order valence-electron chi connectivity index (χ3n) is 3.00. The van der Waals surface area contributed by atoms with Gasteiger partial charge in [-0.05, 0) is 33.6 Å². The van der Waals surface area contributed by atoms with Crippen LogP contribution in [0, 0.1) is 0 Å². The molecule has 1 aliphatic carbocycles. The van der Waals surface area contributed by atoms with Crippen molar-refractivity contribution in [3.63, 3.8) is 0 Å². The third-order valence-corrected chi connectivity index (χ3v) is 3.00. The summed E-state index contributed by atoms with van der Waals surface area (Å²) in [5.41, 5.74) is 6.00. The summed E-state index contributed by atoms with van der Waals surface area (Å²) in [6, 6.07) is 0.162. The van der Waals surface area contributed by atoms with Crippen LogP contribution in [-0.4, -0.2) is 17.7 Å². The third kappa shape index (κ3) is 2.68. The van der Waals surface area contributed by atoms with Crippen LogP contribution in [0.25, 0.3) is 0 Å². The second-order valence-corrected chi connectivity index (χ2v) is 4.58. The predicted molar refractivity (Wildman–Crippen MR) is 55.7 cm³/mol. The Kier molecular flexibility index (Phi) is 3.74. The number of hydrogen-bond acceptors (Lipinski definition) is 2. The van der Waals surface area contributed by atoms with Crippen LogP contribution in [0.5, 0.6) is 0 Å². The van der Waals surface area contributed by atoms with E-state index in [9.17, 15) is 0 Å². The molecule has 1 unspecified atom stereocenters.